The minimum absolute atomic E-state index is 0.212. The molecule has 6 heteroatoms. The minimum Gasteiger partial charge on any atom is -0.351 e. The molecule has 1 radical (unpaired) electrons. The molecule has 2 heterocycles. The van der Waals surface area contributed by atoms with Crippen LogP contribution in [0.4, 0.5) is 0 Å². The van der Waals surface area contributed by atoms with Crippen molar-refractivity contribution in [2.24, 2.45) is 5.73 Å². The second-order valence-electron chi connectivity index (χ2n) is 3.13. The average molecular weight is 204 g/mol. The van der Waals surface area contributed by atoms with Gasteiger partial charge in [0.1, 0.15) is 5.69 Å². The molecule has 0 saturated carbocycles. The molecule has 0 saturated heterocycles. The van der Waals surface area contributed by atoms with Gasteiger partial charge in [0.25, 0.3) is 0 Å². The molecule has 2 aromatic rings. The summed E-state index contributed by atoms with van der Waals surface area (Å²) < 4.78 is 0. The Bertz CT molecular complexity index is 419. The highest BCUT2D eigenvalue weighted by Gasteiger charge is 2.18. The first-order valence-electron chi connectivity index (χ1n) is 4.46. The molecule has 0 aliphatic heterocycles. The van der Waals surface area contributed by atoms with Crippen LogP contribution in [0, 0.1) is 6.33 Å². The van der Waals surface area contributed by atoms with E-state index in [-0.39, 0.29) is 5.78 Å². The zero-order valence-electron chi connectivity index (χ0n) is 7.90. The van der Waals surface area contributed by atoms with E-state index in [2.05, 4.69) is 26.3 Å². The fourth-order valence-electron chi connectivity index (χ4n) is 1.26. The van der Waals surface area contributed by atoms with Crippen molar-refractivity contribution >= 4 is 5.78 Å². The van der Waals surface area contributed by atoms with Crippen molar-refractivity contribution in [3.05, 3.63) is 36.4 Å². The normalized spacial score (nSPS) is 12.6. The maximum absolute atomic E-state index is 11.7. The van der Waals surface area contributed by atoms with E-state index in [1.54, 1.807) is 12.5 Å². The SMILES string of the molecule is N[C@@H](Cc1c[nH]cn1)C(=O)c1c[nH][c]n1. The maximum atomic E-state index is 11.7. The number of carbonyl (C=O) groups excluding carboxylic acids is 1. The van der Waals surface area contributed by atoms with Gasteiger partial charge in [-0.3, -0.25) is 4.79 Å². The summed E-state index contributed by atoms with van der Waals surface area (Å²) in [4.78, 5) is 24.8. The second kappa shape index (κ2) is 4.05. The number of nitrogens with one attached hydrogen (secondary N) is 2. The van der Waals surface area contributed by atoms with Crippen LogP contribution in [0.3, 0.4) is 0 Å². The van der Waals surface area contributed by atoms with Gasteiger partial charge in [0.05, 0.1) is 18.1 Å². The van der Waals surface area contributed by atoms with Crippen LogP contribution in [-0.4, -0.2) is 31.8 Å². The summed E-state index contributed by atoms with van der Waals surface area (Å²) in [6.07, 6.45) is 7.59. The zero-order valence-corrected chi connectivity index (χ0v) is 7.90. The summed E-state index contributed by atoms with van der Waals surface area (Å²) in [5, 5.41) is 0. The van der Waals surface area contributed by atoms with Gasteiger partial charge >= 0.3 is 0 Å². The van der Waals surface area contributed by atoms with Crippen molar-refractivity contribution in [1.29, 1.82) is 0 Å². The number of nitrogens with zero attached hydrogens (tertiary/aromatic N) is 2. The van der Waals surface area contributed by atoms with Crippen LogP contribution in [0.5, 0.6) is 0 Å². The van der Waals surface area contributed by atoms with E-state index in [0.717, 1.165) is 5.69 Å². The molecule has 0 spiro atoms. The molecule has 0 bridgehead atoms. The highest BCUT2D eigenvalue weighted by Crippen LogP contribution is 2.02. The van der Waals surface area contributed by atoms with Crippen LogP contribution in [-0.2, 0) is 6.42 Å². The summed E-state index contributed by atoms with van der Waals surface area (Å²) >= 11 is 0. The van der Waals surface area contributed by atoms with Gasteiger partial charge in [-0.2, -0.15) is 0 Å². The van der Waals surface area contributed by atoms with E-state index < -0.39 is 6.04 Å². The summed E-state index contributed by atoms with van der Waals surface area (Å²) in [6.45, 7) is 0. The van der Waals surface area contributed by atoms with Crippen molar-refractivity contribution in [1.82, 2.24) is 19.9 Å². The van der Waals surface area contributed by atoms with Gasteiger partial charge in [0.2, 0.25) is 0 Å². The van der Waals surface area contributed by atoms with Crippen molar-refractivity contribution in [2.75, 3.05) is 0 Å². The van der Waals surface area contributed by atoms with Gasteiger partial charge in [0.15, 0.2) is 12.1 Å². The number of H-pyrrole nitrogens is 2. The number of imidazole rings is 2. The minimum atomic E-state index is -0.620. The lowest BCUT2D eigenvalue weighted by molar-refractivity contribution is 0.0956. The Balaban J connectivity index is 2.03. The molecule has 6 nitrogen and oxygen atoms in total. The number of aromatic nitrogens is 4. The molecule has 0 aliphatic carbocycles. The van der Waals surface area contributed by atoms with Crippen LogP contribution in [0.25, 0.3) is 0 Å². The fraction of sp³-hybridized carbons (Fsp3) is 0.222. The van der Waals surface area contributed by atoms with Crippen molar-refractivity contribution in [2.45, 2.75) is 12.5 Å². The second-order valence-corrected chi connectivity index (χ2v) is 3.13. The van der Waals surface area contributed by atoms with Crippen LogP contribution < -0.4 is 5.73 Å². The van der Waals surface area contributed by atoms with E-state index in [9.17, 15) is 4.79 Å². The Labute approximate surface area is 85.9 Å². The number of hydrogen-bond donors (Lipinski definition) is 3. The molecule has 0 aliphatic rings. The average Bonchev–Trinajstić information content (AvgIpc) is 2.88. The molecule has 4 N–H and O–H groups in total. The Morgan fingerprint density at radius 1 is 1.60 bits per heavy atom. The number of ketones is 1. The third kappa shape index (κ3) is 2.10. The van der Waals surface area contributed by atoms with E-state index >= 15 is 0 Å². The number of carbonyl (C=O) groups is 1. The molecule has 1 atom stereocenters. The van der Waals surface area contributed by atoms with Gasteiger partial charge < -0.3 is 15.7 Å². The highest BCUT2D eigenvalue weighted by atomic mass is 16.1. The van der Waals surface area contributed by atoms with E-state index in [0.29, 0.717) is 12.1 Å². The van der Waals surface area contributed by atoms with E-state index in [1.165, 1.54) is 6.20 Å². The molecule has 0 fully saturated rings. The van der Waals surface area contributed by atoms with Gasteiger partial charge in [-0.1, -0.05) is 0 Å². The van der Waals surface area contributed by atoms with Crippen LogP contribution >= 0.6 is 0 Å². The molecule has 2 rings (SSSR count). The van der Waals surface area contributed by atoms with E-state index in [1.807, 2.05) is 0 Å². The number of aromatic amines is 2. The molecule has 0 unspecified atom stereocenters. The number of nitrogens with two attached hydrogens (primary N) is 1. The lowest BCUT2D eigenvalue weighted by Gasteiger charge is -2.05. The summed E-state index contributed by atoms with van der Waals surface area (Å²) in [6, 6.07) is -0.620. The van der Waals surface area contributed by atoms with Gasteiger partial charge in [-0.15, -0.1) is 0 Å². The topological polar surface area (TPSA) is 100 Å². The monoisotopic (exact) mass is 204 g/mol. The van der Waals surface area contributed by atoms with Gasteiger partial charge in [0, 0.05) is 18.8 Å². The van der Waals surface area contributed by atoms with Crippen LogP contribution in [0.15, 0.2) is 18.7 Å². The summed E-state index contributed by atoms with van der Waals surface area (Å²) in [5.41, 5.74) is 6.79. The van der Waals surface area contributed by atoms with Crippen molar-refractivity contribution in [3.63, 3.8) is 0 Å². The fourth-order valence-corrected chi connectivity index (χ4v) is 1.26. The third-order valence-electron chi connectivity index (χ3n) is 2.02. The molecule has 77 valence electrons. The molecular weight excluding hydrogens is 194 g/mol. The van der Waals surface area contributed by atoms with Crippen molar-refractivity contribution in [3.8, 4) is 0 Å². The summed E-state index contributed by atoms with van der Waals surface area (Å²) in [5.74, 6) is -0.212. The smallest absolute Gasteiger partial charge is 0.199 e. The lowest BCUT2D eigenvalue weighted by Crippen LogP contribution is -2.33. The Hall–Kier alpha value is -1.95. The Morgan fingerprint density at radius 3 is 3.07 bits per heavy atom. The number of Topliss-reactive ketones (excluding diaryl/α,β-unsaturated/α-hetero) is 1. The quantitative estimate of drug-likeness (QED) is 0.594. The molecule has 0 aromatic carbocycles. The molecular formula is C9H10N5O. The van der Waals surface area contributed by atoms with Gasteiger partial charge in [-0.05, 0) is 0 Å². The highest BCUT2D eigenvalue weighted by molar-refractivity contribution is 5.98. The van der Waals surface area contributed by atoms with E-state index in [4.69, 9.17) is 5.73 Å². The number of hydrogen-bond acceptors (Lipinski definition) is 4. The number of rotatable bonds is 4. The summed E-state index contributed by atoms with van der Waals surface area (Å²) in [7, 11) is 0. The largest absolute Gasteiger partial charge is 0.351 e. The molecule has 0 amide bonds. The van der Waals surface area contributed by atoms with Gasteiger partial charge in [-0.25, -0.2) is 9.97 Å². The predicted molar refractivity (Wildman–Crippen MR) is 52.0 cm³/mol. The molecule has 15 heavy (non-hydrogen) atoms. The zero-order chi connectivity index (χ0) is 10.7. The first kappa shape index (κ1) is 9.60. The predicted octanol–water partition coefficient (Wildman–Crippen LogP) is -0.314. The van der Waals surface area contributed by atoms with Crippen LogP contribution in [0.2, 0.25) is 0 Å². The first-order valence-corrected chi connectivity index (χ1v) is 4.46. The standard InChI is InChI=1S/C9H10N5O/c10-7(1-6-2-11-4-13-6)9(15)8-3-12-5-14-8/h2-4,7H,1,10H2,(H,11,13)(H,12,14)/t7-/m0/s1. The van der Waals surface area contributed by atoms with Crippen LogP contribution in [0.1, 0.15) is 16.2 Å². The molecule has 2 aromatic heterocycles. The maximum Gasteiger partial charge on any atom is 0.199 e. The Kier molecular flexibility index (Phi) is 2.59. The van der Waals surface area contributed by atoms with Crippen molar-refractivity contribution < 1.29 is 4.79 Å². The third-order valence-corrected chi connectivity index (χ3v) is 2.02. The first-order chi connectivity index (χ1) is 7.27. The Morgan fingerprint density at radius 2 is 2.47 bits per heavy atom. The lowest BCUT2D eigenvalue weighted by atomic mass is 10.1.